The van der Waals surface area contributed by atoms with Crippen molar-refractivity contribution in [3.8, 4) is 0 Å². The van der Waals surface area contributed by atoms with Crippen LogP contribution in [0.4, 0.5) is 13.2 Å². The number of hydrogen-bond donors (Lipinski definition) is 1. The van der Waals surface area contributed by atoms with Crippen molar-refractivity contribution < 1.29 is 13.2 Å². The summed E-state index contributed by atoms with van der Waals surface area (Å²) in [4.78, 5) is 0. The monoisotopic (exact) mass is 357 g/mol. The van der Waals surface area contributed by atoms with Crippen LogP contribution in [0.3, 0.4) is 0 Å². The zero-order valence-corrected chi connectivity index (χ0v) is 13.3. The highest BCUT2D eigenvalue weighted by molar-refractivity contribution is 9.10. The van der Waals surface area contributed by atoms with Crippen molar-refractivity contribution in [1.82, 2.24) is 5.32 Å². The maximum atomic E-state index is 14.1. The third kappa shape index (κ3) is 3.47. The average Bonchev–Trinajstić information content (AvgIpc) is 2.42. The van der Waals surface area contributed by atoms with Crippen LogP contribution < -0.4 is 5.32 Å². The van der Waals surface area contributed by atoms with E-state index in [0.717, 1.165) is 21.7 Å². The summed E-state index contributed by atoms with van der Waals surface area (Å²) >= 11 is 3.39. The number of rotatable bonds is 4. The lowest BCUT2D eigenvalue weighted by Crippen LogP contribution is -2.23. The second kappa shape index (κ2) is 6.62. The van der Waals surface area contributed by atoms with E-state index in [4.69, 9.17) is 0 Å². The molecule has 0 aliphatic heterocycles. The van der Waals surface area contributed by atoms with Gasteiger partial charge in [0.25, 0.3) is 0 Å². The summed E-state index contributed by atoms with van der Waals surface area (Å²) in [5.41, 5.74) is 1.87. The van der Waals surface area contributed by atoms with Gasteiger partial charge in [-0.15, -0.1) is 0 Å². The van der Waals surface area contributed by atoms with E-state index >= 15 is 0 Å². The van der Waals surface area contributed by atoms with Gasteiger partial charge in [0.2, 0.25) is 0 Å². The van der Waals surface area contributed by atoms with Crippen LogP contribution in [0.2, 0.25) is 0 Å². The third-order valence-corrected chi connectivity index (χ3v) is 3.64. The summed E-state index contributed by atoms with van der Waals surface area (Å²) < 4.78 is 41.5. The highest BCUT2D eigenvalue weighted by Gasteiger charge is 2.22. The van der Waals surface area contributed by atoms with Crippen molar-refractivity contribution in [3.05, 3.63) is 68.9 Å². The molecule has 1 atom stereocenters. The van der Waals surface area contributed by atoms with Crippen LogP contribution >= 0.6 is 15.9 Å². The smallest absolute Gasteiger partial charge is 0.194 e. The van der Waals surface area contributed by atoms with Crippen LogP contribution in [-0.2, 0) is 0 Å². The molecule has 112 valence electrons. The number of benzene rings is 2. The van der Waals surface area contributed by atoms with Crippen LogP contribution in [-0.4, -0.2) is 6.54 Å². The van der Waals surface area contributed by atoms with E-state index in [1.807, 2.05) is 32.0 Å². The molecule has 2 aromatic rings. The first-order valence-electron chi connectivity index (χ1n) is 6.58. The molecule has 0 aliphatic rings. The zero-order chi connectivity index (χ0) is 15.6. The van der Waals surface area contributed by atoms with E-state index in [1.54, 1.807) is 0 Å². The fourth-order valence-electron chi connectivity index (χ4n) is 2.31. The predicted molar refractivity (Wildman–Crippen MR) is 80.7 cm³/mol. The van der Waals surface area contributed by atoms with Crippen LogP contribution in [0.25, 0.3) is 0 Å². The Morgan fingerprint density at radius 3 is 2.43 bits per heavy atom. The van der Waals surface area contributed by atoms with Crippen LogP contribution in [0.1, 0.15) is 29.7 Å². The molecule has 21 heavy (non-hydrogen) atoms. The SMILES string of the molecule is CCNC(c1cc(C)cc(Br)c1)c1ccc(F)c(F)c1F. The minimum atomic E-state index is -1.44. The van der Waals surface area contributed by atoms with Crippen molar-refractivity contribution in [2.45, 2.75) is 19.9 Å². The normalized spacial score (nSPS) is 12.5. The number of nitrogens with one attached hydrogen (secondary N) is 1. The predicted octanol–water partition coefficient (Wildman–Crippen LogP) is 4.87. The molecule has 0 amide bonds. The van der Waals surface area contributed by atoms with Crippen molar-refractivity contribution in [2.75, 3.05) is 6.54 Å². The Labute approximate surface area is 130 Å². The maximum absolute atomic E-state index is 14.1. The van der Waals surface area contributed by atoms with Gasteiger partial charge in [0, 0.05) is 10.0 Å². The Kier molecular flexibility index (Phi) is 5.06. The van der Waals surface area contributed by atoms with Crippen molar-refractivity contribution in [3.63, 3.8) is 0 Å². The maximum Gasteiger partial charge on any atom is 0.194 e. The quantitative estimate of drug-likeness (QED) is 0.769. The number of hydrogen-bond acceptors (Lipinski definition) is 1. The minimum Gasteiger partial charge on any atom is -0.306 e. The molecule has 0 spiro atoms. The molecule has 0 aliphatic carbocycles. The van der Waals surface area contributed by atoms with Crippen molar-refractivity contribution >= 4 is 15.9 Å². The molecule has 1 nitrogen and oxygen atoms in total. The minimum absolute atomic E-state index is 0.0910. The molecule has 0 saturated heterocycles. The van der Waals surface area contributed by atoms with Gasteiger partial charge >= 0.3 is 0 Å². The average molecular weight is 358 g/mol. The van der Waals surface area contributed by atoms with Gasteiger partial charge in [0.15, 0.2) is 17.5 Å². The summed E-state index contributed by atoms with van der Waals surface area (Å²) in [5.74, 6) is -3.78. The summed E-state index contributed by atoms with van der Waals surface area (Å²) in [6.45, 7) is 4.35. The lowest BCUT2D eigenvalue weighted by molar-refractivity contribution is 0.433. The van der Waals surface area contributed by atoms with Gasteiger partial charge in [-0.3, -0.25) is 0 Å². The molecule has 0 heterocycles. The molecule has 0 radical (unpaired) electrons. The van der Waals surface area contributed by atoms with Gasteiger partial charge in [-0.1, -0.05) is 35.0 Å². The van der Waals surface area contributed by atoms with Gasteiger partial charge in [-0.25, -0.2) is 13.2 Å². The van der Waals surface area contributed by atoms with E-state index in [2.05, 4.69) is 21.2 Å². The second-order valence-electron chi connectivity index (χ2n) is 4.82. The van der Waals surface area contributed by atoms with E-state index in [-0.39, 0.29) is 5.56 Å². The molecule has 0 saturated carbocycles. The summed E-state index contributed by atoms with van der Waals surface area (Å²) in [5, 5.41) is 3.11. The fourth-order valence-corrected chi connectivity index (χ4v) is 2.93. The molecule has 1 N–H and O–H groups in total. The Hall–Kier alpha value is -1.33. The zero-order valence-electron chi connectivity index (χ0n) is 11.7. The van der Waals surface area contributed by atoms with Gasteiger partial charge in [0.1, 0.15) is 0 Å². The molecular formula is C16H15BrF3N. The first-order chi connectivity index (χ1) is 9.93. The van der Waals surface area contributed by atoms with E-state index in [9.17, 15) is 13.2 Å². The Balaban J connectivity index is 2.56. The first-order valence-corrected chi connectivity index (χ1v) is 7.37. The lowest BCUT2D eigenvalue weighted by atomic mass is 9.96. The number of halogens is 4. The molecule has 5 heteroatoms. The Morgan fingerprint density at radius 1 is 1.10 bits per heavy atom. The molecule has 2 rings (SSSR count). The van der Waals surface area contributed by atoms with E-state index in [1.165, 1.54) is 6.07 Å². The third-order valence-electron chi connectivity index (χ3n) is 3.18. The number of aryl methyl sites for hydroxylation is 1. The standard InChI is InChI=1S/C16H15BrF3N/c1-3-21-16(10-6-9(2)7-11(17)8-10)12-4-5-13(18)15(20)14(12)19/h4-8,16,21H,3H2,1-2H3. The second-order valence-corrected chi connectivity index (χ2v) is 5.73. The highest BCUT2D eigenvalue weighted by Crippen LogP contribution is 2.29. The van der Waals surface area contributed by atoms with Gasteiger partial charge in [-0.2, -0.15) is 0 Å². The summed E-state index contributed by atoms with van der Waals surface area (Å²) in [7, 11) is 0. The van der Waals surface area contributed by atoms with Crippen molar-refractivity contribution in [1.29, 1.82) is 0 Å². The van der Waals surface area contributed by atoms with Crippen LogP contribution in [0, 0.1) is 24.4 Å². The largest absolute Gasteiger partial charge is 0.306 e. The van der Waals surface area contributed by atoms with Gasteiger partial charge < -0.3 is 5.32 Å². The first kappa shape index (κ1) is 16.0. The fraction of sp³-hybridized carbons (Fsp3) is 0.250. The molecule has 0 aromatic heterocycles. The summed E-state index contributed by atoms with van der Waals surface area (Å²) in [6.07, 6.45) is 0. The lowest BCUT2D eigenvalue weighted by Gasteiger charge is -2.20. The molecule has 2 aromatic carbocycles. The molecular weight excluding hydrogens is 343 g/mol. The van der Waals surface area contributed by atoms with Gasteiger partial charge in [0.05, 0.1) is 6.04 Å². The molecule has 1 unspecified atom stereocenters. The summed E-state index contributed by atoms with van der Waals surface area (Å²) in [6, 6.07) is 7.33. The van der Waals surface area contributed by atoms with E-state index < -0.39 is 23.5 Å². The molecule has 0 bridgehead atoms. The van der Waals surface area contributed by atoms with Gasteiger partial charge in [-0.05, 0) is 42.8 Å². The highest BCUT2D eigenvalue weighted by atomic mass is 79.9. The van der Waals surface area contributed by atoms with Crippen molar-refractivity contribution in [2.24, 2.45) is 0 Å². The van der Waals surface area contributed by atoms with Crippen LogP contribution in [0.15, 0.2) is 34.8 Å². The van der Waals surface area contributed by atoms with E-state index in [0.29, 0.717) is 6.54 Å². The Bertz CT molecular complexity index is 638. The Morgan fingerprint density at radius 2 is 1.81 bits per heavy atom. The topological polar surface area (TPSA) is 12.0 Å². The molecule has 0 fully saturated rings. The van der Waals surface area contributed by atoms with Crippen LogP contribution in [0.5, 0.6) is 0 Å².